The molecule has 5 rings (SSSR count). The summed E-state index contributed by atoms with van der Waals surface area (Å²) < 4.78 is 13.1. The molecule has 1 fully saturated rings. The van der Waals surface area contributed by atoms with Crippen LogP contribution in [0.5, 0.6) is 17.4 Å². The van der Waals surface area contributed by atoms with Crippen molar-refractivity contribution in [2.24, 2.45) is 15.4 Å². The zero-order valence-corrected chi connectivity index (χ0v) is 24.9. The van der Waals surface area contributed by atoms with Crippen molar-refractivity contribution < 1.29 is 24.2 Å². The van der Waals surface area contributed by atoms with Crippen LogP contribution in [0.3, 0.4) is 0 Å². The second-order valence-corrected chi connectivity index (χ2v) is 10.6. The van der Waals surface area contributed by atoms with E-state index in [2.05, 4.69) is 47.3 Å². The number of piperidine rings is 1. The zero-order chi connectivity index (χ0) is 29.5. The lowest BCUT2D eigenvalue weighted by atomic mass is 9.97. The summed E-state index contributed by atoms with van der Waals surface area (Å²) in [4.78, 5) is 24.2. The average Bonchev–Trinajstić information content (AvgIpc) is 3.27. The molecule has 1 aliphatic heterocycles. The Morgan fingerprint density at radius 1 is 1.14 bits per heavy atom. The molecule has 4 aromatic rings. The fourth-order valence-electron chi connectivity index (χ4n) is 5.09. The third kappa shape index (κ3) is 6.60. The van der Waals surface area contributed by atoms with Gasteiger partial charge in [-0.25, -0.2) is 0 Å². The Bertz CT molecular complexity index is 1610. The van der Waals surface area contributed by atoms with E-state index in [0.29, 0.717) is 29.1 Å². The maximum atomic E-state index is 12.4. The number of pyridine rings is 1. The number of nitrogens with zero attached hydrogens (tertiary/aromatic N) is 6. The molecule has 0 unspecified atom stereocenters. The monoisotopic (exact) mass is 634 g/mol. The number of azo groups is 1. The van der Waals surface area contributed by atoms with Crippen LogP contribution in [0.25, 0.3) is 10.9 Å². The molecule has 2 aromatic carbocycles. The van der Waals surface area contributed by atoms with Crippen molar-refractivity contribution in [2.75, 3.05) is 27.4 Å². The van der Waals surface area contributed by atoms with Crippen molar-refractivity contribution >= 4 is 44.6 Å². The van der Waals surface area contributed by atoms with E-state index in [4.69, 9.17) is 14.3 Å². The van der Waals surface area contributed by atoms with Gasteiger partial charge in [0.15, 0.2) is 23.8 Å². The van der Waals surface area contributed by atoms with Crippen molar-refractivity contribution in [1.82, 2.24) is 14.5 Å². The molecule has 1 aliphatic rings. The summed E-state index contributed by atoms with van der Waals surface area (Å²) in [6.45, 7) is 0.906. The van der Waals surface area contributed by atoms with Gasteiger partial charge in [0.05, 0.1) is 32.6 Å². The first-order valence-corrected chi connectivity index (χ1v) is 14.2. The lowest BCUT2D eigenvalue weighted by molar-refractivity contribution is -0.122. The molecule has 1 N–H and O–H groups in total. The highest BCUT2D eigenvalue weighted by atomic mass is 79.9. The molecule has 0 radical (unpaired) electrons. The quantitative estimate of drug-likeness (QED) is 0.122. The van der Waals surface area contributed by atoms with E-state index in [-0.39, 0.29) is 17.6 Å². The minimum Gasteiger partial charge on any atom is -0.493 e. The summed E-state index contributed by atoms with van der Waals surface area (Å²) in [6, 6.07) is 15.1. The zero-order valence-electron chi connectivity index (χ0n) is 23.3. The third-order valence-electron chi connectivity index (χ3n) is 7.11. The summed E-state index contributed by atoms with van der Waals surface area (Å²) in [5, 5.41) is 23.7. The van der Waals surface area contributed by atoms with Crippen LogP contribution in [0.2, 0.25) is 0 Å². The number of hydrogen-bond acceptors (Lipinski definition) is 9. The number of aromatic nitrogens is 2. The lowest BCUT2D eigenvalue weighted by Gasteiger charge is -2.36. The number of likely N-dealkylation sites (tertiary alicyclic amines) is 1. The van der Waals surface area contributed by atoms with Gasteiger partial charge >= 0.3 is 5.91 Å². The van der Waals surface area contributed by atoms with Crippen LogP contribution in [-0.4, -0.2) is 59.1 Å². The van der Waals surface area contributed by atoms with Crippen molar-refractivity contribution in [3.05, 3.63) is 76.5 Å². The molecule has 1 amide bonds. The second kappa shape index (κ2) is 13.6. The Kier molecular flexibility index (Phi) is 9.45. The summed E-state index contributed by atoms with van der Waals surface area (Å²) >= 11 is 3.50. The first-order valence-electron chi connectivity index (χ1n) is 13.4. The molecule has 12 heteroatoms. The van der Waals surface area contributed by atoms with Crippen LogP contribution in [0.4, 0.5) is 5.69 Å². The molecule has 0 bridgehead atoms. The van der Waals surface area contributed by atoms with Crippen molar-refractivity contribution in [3.63, 3.8) is 0 Å². The van der Waals surface area contributed by atoms with Crippen LogP contribution in [-0.2, 0) is 16.3 Å². The Labute approximate surface area is 251 Å². The number of ether oxygens (including phenoxy) is 2. The molecule has 2 aromatic heterocycles. The SMILES string of the molecule is COc1ccc(/C=N\OCC(=O)N=Nc2c(O)n(CN3CCCC[C@@H]3c3cccnc3)c3ccc(Br)cc23)cc1OC. The molecule has 0 saturated carbocycles. The Morgan fingerprint density at radius 3 is 2.79 bits per heavy atom. The first kappa shape index (κ1) is 29.2. The standard InChI is InChI=1S/C30H31BrN6O5/c1-40-26-11-8-20(14-27(26)41-2)16-33-42-18-28(38)34-35-29-23-15-22(31)9-10-25(23)37(30(29)39)19-36-13-4-3-7-24(36)21-6-5-12-32-17-21/h5-6,8-12,14-17,24,39H,3-4,7,13,18-19H2,1-2H3/b33-16-,35-34?/t24-/m1/s1. The Balaban J connectivity index is 1.31. The van der Waals surface area contributed by atoms with Gasteiger partial charge in [0.2, 0.25) is 5.88 Å². The van der Waals surface area contributed by atoms with Crippen molar-refractivity contribution in [3.8, 4) is 17.4 Å². The highest BCUT2D eigenvalue weighted by molar-refractivity contribution is 9.10. The number of carbonyl (C=O) groups excluding carboxylic acids is 1. The predicted octanol–water partition coefficient (Wildman–Crippen LogP) is 6.37. The molecular weight excluding hydrogens is 604 g/mol. The summed E-state index contributed by atoms with van der Waals surface area (Å²) in [6.07, 6.45) is 8.32. The van der Waals surface area contributed by atoms with E-state index in [1.165, 1.54) is 6.21 Å². The minimum absolute atomic E-state index is 0.0671. The van der Waals surface area contributed by atoms with E-state index < -0.39 is 12.5 Å². The number of rotatable bonds is 10. The Hall–Kier alpha value is -4.29. The number of amides is 1. The second-order valence-electron chi connectivity index (χ2n) is 9.73. The van der Waals surface area contributed by atoms with E-state index in [1.54, 1.807) is 43.2 Å². The summed E-state index contributed by atoms with van der Waals surface area (Å²) in [7, 11) is 3.10. The van der Waals surface area contributed by atoms with E-state index in [9.17, 15) is 9.90 Å². The number of halogens is 1. The van der Waals surface area contributed by atoms with Crippen LogP contribution in [0.15, 0.2) is 80.8 Å². The van der Waals surface area contributed by atoms with E-state index in [1.807, 2.05) is 30.5 Å². The van der Waals surface area contributed by atoms with Crippen molar-refractivity contribution in [2.45, 2.75) is 32.0 Å². The van der Waals surface area contributed by atoms with Gasteiger partial charge in [-0.3, -0.25) is 19.2 Å². The highest BCUT2D eigenvalue weighted by Gasteiger charge is 2.27. The number of aromatic hydroxyl groups is 1. The molecule has 11 nitrogen and oxygen atoms in total. The van der Waals surface area contributed by atoms with Crippen LogP contribution in [0, 0.1) is 0 Å². The van der Waals surface area contributed by atoms with Crippen LogP contribution in [0.1, 0.15) is 36.4 Å². The first-order chi connectivity index (χ1) is 20.5. The van der Waals surface area contributed by atoms with Gasteiger partial charge < -0.3 is 19.4 Å². The van der Waals surface area contributed by atoms with Crippen molar-refractivity contribution in [1.29, 1.82) is 0 Å². The van der Waals surface area contributed by atoms with Gasteiger partial charge in [-0.15, -0.1) is 10.2 Å². The topological polar surface area (TPSA) is 123 Å². The number of oxime groups is 1. The summed E-state index contributed by atoms with van der Waals surface area (Å²) in [5.74, 6) is 0.418. The number of methoxy groups -OCH3 is 2. The molecule has 218 valence electrons. The summed E-state index contributed by atoms with van der Waals surface area (Å²) in [5.41, 5.74) is 2.84. The van der Waals surface area contributed by atoms with Gasteiger partial charge in [0, 0.05) is 40.4 Å². The van der Waals surface area contributed by atoms with E-state index >= 15 is 0 Å². The normalized spacial score (nSPS) is 15.9. The van der Waals surface area contributed by atoms with Gasteiger partial charge in [0.1, 0.15) is 0 Å². The molecule has 1 atom stereocenters. The molecule has 42 heavy (non-hydrogen) atoms. The number of fused-ring (bicyclic) bond motifs is 1. The number of hydrogen-bond donors (Lipinski definition) is 1. The van der Waals surface area contributed by atoms with Crippen LogP contribution >= 0.6 is 15.9 Å². The number of benzene rings is 2. The highest BCUT2D eigenvalue weighted by Crippen LogP contribution is 2.41. The van der Waals surface area contributed by atoms with E-state index in [0.717, 1.165) is 41.4 Å². The van der Waals surface area contributed by atoms with Gasteiger partial charge in [-0.05, 0) is 60.9 Å². The average molecular weight is 636 g/mol. The number of carbonyl (C=O) groups is 1. The van der Waals surface area contributed by atoms with Crippen LogP contribution < -0.4 is 9.47 Å². The van der Waals surface area contributed by atoms with Gasteiger partial charge in [-0.1, -0.05) is 33.6 Å². The minimum atomic E-state index is -0.651. The smallest absolute Gasteiger partial charge is 0.304 e. The molecule has 0 aliphatic carbocycles. The maximum Gasteiger partial charge on any atom is 0.304 e. The maximum absolute atomic E-state index is 12.4. The molecular formula is C30H31BrN6O5. The molecule has 3 heterocycles. The fourth-order valence-corrected chi connectivity index (χ4v) is 5.45. The Morgan fingerprint density at radius 2 is 2.00 bits per heavy atom. The van der Waals surface area contributed by atoms with Gasteiger partial charge in [-0.2, -0.15) is 0 Å². The largest absolute Gasteiger partial charge is 0.493 e. The molecule has 1 saturated heterocycles. The lowest BCUT2D eigenvalue weighted by Crippen LogP contribution is -2.34. The van der Waals surface area contributed by atoms with Gasteiger partial charge in [0.25, 0.3) is 0 Å². The molecule has 0 spiro atoms. The predicted molar refractivity (Wildman–Crippen MR) is 161 cm³/mol. The third-order valence-corrected chi connectivity index (χ3v) is 7.60. The fraction of sp³-hybridized carbons (Fsp3) is 0.300.